The fourth-order valence-electron chi connectivity index (χ4n) is 2.34. The number of carbonyl (C=O) groups excluding carboxylic acids is 1. The number of nitrogens with two attached hydrogens (primary N) is 1. The van der Waals surface area contributed by atoms with Crippen molar-refractivity contribution in [2.75, 3.05) is 20.2 Å². The van der Waals surface area contributed by atoms with E-state index in [0.717, 1.165) is 35.2 Å². The molecule has 0 bridgehead atoms. The number of nitrogens with zero attached hydrogens (tertiary/aromatic N) is 1. The van der Waals surface area contributed by atoms with Crippen LogP contribution in [0.4, 0.5) is 0 Å². The molecule has 2 N–H and O–H groups in total. The molecule has 0 unspecified atom stereocenters. The van der Waals surface area contributed by atoms with Crippen LogP contribution in [0, 0.1) is 0 Å². The normalized spacial score (nSPS) is 19.3. The first-order chi connectivity index (χ1) is 9.10. The average molecular weight is 327 g/mol. The van der Waals surface area contributed by atoms with E-state index in [2.05, 4.69) is 15.9 Å². The molecule has 1 saturated heterocycles. The molecule has 0 spiro atoms. The molecule has 1 aliphatic rings. The van der Waals surface area contributed by atoms with Crippen LogP contribution in [0.25, 0.3) is 0 Å². The molecule has 1 atom stereocenters. The van der Waals surface area contributed by atoms with Crippen LogP contribution in [0.1, 0.15) is 18.4 Å². The monoisotopic (exact) mass is 326 g/mol. The van der Waals surface area contributed by atoms with Gasteiger partial charge in [0.25, 0.3) is 0 Å². The lowest BCUT2D eigenvalue weighted by Gasteiger charge is -2.30. The minimum atomic E-state index is 0.125. The van der Waals surface area contributed by atoms with Crippen molar-refractivity contribution in [3.05, 3.63) is 28.2 Å². The summed E-state index contributed by atoms with van der Waals surface area (Å²) in [5, 5.41) is 0. The Kier molecular flexibility index (Phi) is 4.82. The molecule has 2 rings (SSSR count). The van der Waals surface area contributed by atoms with E-state index in [1.165, 1.54) is 0 Å². The van der Waals surface area contributed by atoms with Gasteiger partial charge < -0.3 is 15.4 Å². The second-order valence-electron chi connectivity index (χ2n) is 4.89. The highest BCUT2D eigenvalue weighted by Crippen LogP contribution is 2.26. The lowest BCUT2D eigenvalue weighted by Crippen LogP contribution is -2.46. The van der Waals surface area contributed by atoms with Gasteiger partial charge in [-0.1, -0.05) is 6.07 Å². The Morgan fingerprint density at radius 1 is 1.58 bits per heavy atom. The number of hydrogen-bond acceptors (Lipinski definition) is 3. The molecule has 1 fully saturated rings. The number of piperidine rings is 1. The maximum Gasteiger partial charge on any atom is 0.227 e. The fraction of sp³-hybridized carbons (Fsp3) is 0.500. The standard InChI is InChI=1S/C14H19BrN2O2/c1-19-13-5-4-10(7-12(13)15)8-14(18)17-6-2-3-11(16)9-17/h4-5,7,11H,2-3,6,8-9,16H2,1H3/t11-/m0/s1. The van der Waals surface area contributed by atoms with Gasteiger partial charge in [0.2, 0.25) is 5.91 Å². The van der Waals surface area contributed by atoms with Gasteiger partial charge in [0.1, 0.15) is 5.75 Å². The van der Waals surface area contributed by atoms with Crippen molar-refractivity contribution in [2.45, 2.75) is 25.3 Å². The first-order valence-corrected chi connectivity index (χ1v) is 7.25. The molecule has 104 valence electrons. The van der Waals surface area contributed by atoms with Gasteiger partial charge >= 0.3 is 0 Å². The van der Waals surface area contributed by atoms with Crippen LogP contribution in [-0.2, 0) is 11.2 Å². The van der Waals surface area contributed by atoms with E-state index in [1.54, 1.807) is 7.11 Å². The zero-order valence-corrected chi connectivity index (χ0v) is 12.6. The van der Waals surface area contributed by atoms with Gasteiger partial charge in [0.05, 0.1) is 18.0 Å². The molecule has 1 heterocycles. The number of amides is 1. The first kappa shape index (κ1) is 14.3. The van der Waals surface area contributed by atoms with Crippen LogP contribution in [0.5, 0.6) is 5.75 Å². The Labute approximate surface area is 122 Å². The number of methoxy groups -OCH3 is 1. The molecule has 1 aromatic rings. The van der Waals surface area contributed by atoms with Crippen LogP contribution >= 0.6 is 15.9 Å². The lowest BCUT2D eigenvalue weighted by molar-refractivity contribution is -0.131. The van der Waals surface area contributed by atoms with Gasteiger partial charge in [-0.15, -0.1) is 0 Å². The zero-order valence-electron chi connectivity index (χ0n) is 11.1. The smallest absolute Gasteiger partial charge is 0.227 e. The maximum atomic E-state index is 12.2. The summed E-state index contributed by atoms with van der Waals surface area (Å²) in [7, 11) is 1.63. The summed E-state index contributed by atoms with van der Waals surface area (Å²) in [5.74, 6) is 0.920. The summed E-state index contributed by atoms with van der Waals surface area (Å²) in [4.78, 5) is 14.1. The van der Waals surface area contributed by atoms with Crippen molar-refractivity contribution in [3.63, 3.8) is 0 Å². The Morgan fingerprint density at radius 3 is 3.00 bits per heavy atom. The molecular formula is C14H19BrN2O2. The van der Waals surface area contributed by atoms with E-state index < -0.39 is 0 Å². The molecule has 0 aliphatic carbocycles. The van der Waals surface area contributed by atoms with Crippen LogP contribution in [-0.4, -0.2) is 37.0 Å². The van der Waals surface area contributed by atoms with Crippen LogP contribution in [0.15, 0.2) is 22.7 Å². The minimum absolute atomic E-state index is 0.125. The van der Waals surface area contributed by atoms with Crippen molar-refractivity contribution in [1.29, 1.82) is 0 Å². The molecule has 0 aromatic heterocycles. The summed E-state index contributed by atoms with van der Waals surface area (Å²) < 4.78 is 6.05. The van der Waals surface area contributed by atoms with Gasteiger partial charge in [0.15, 0.2) is 0 Å². The van der Waals surface area contributed by atoms with E-state index in [0.29, 0.717) is 13.0 Å². The Hall–Kier alpha value is -1.07. The third-order valence-corrected chi connectivity index (χ3v) is 4.00. The number of benzene rings is 1. The van der Waals surface area contributed by atoms with Gasteiger partial charge in [-0.3, -0.25) is 4.79 Å². The van der Waals surface area contributed by atoms with Crippen LogP contribution in [0.3, 0.4) is 0 Å². The second-order valence-corrected chi connectivity index (χ2v) is 5.74. The number of rotatable bonds is 3. The summed E-state index contributed by atoms with van der Waals surface area (Å²) in [6.45, 7) is 1.50. The van der Waals surface area contributed by atoms with Crippen molar-refractivity contribution in [1.82, 2.24) is 4.90 Å². The summed E-state index contributed by atoms with van der Waals surface area (Å²) in [6, 6.07) is 5.85. The third kappa shape index (κ3) is 3.70. The van der Waals surface area contributed by atoms with E-state index in [4.69, 9.17) is 10.5 Å². The van der Waals surface area contributed by atoms with Crippen molar-refractivity contribution in [3.8, 4) is 5.75 Å². The van der Waals surface area contributed by atoms with Crippen LogP contribution in [0.2, 0.25) is 0 Å². The number of halogens is 1. The topological polar surface area (TPSA) is 55.6 Å². The zero-order chi connectivity index (χ0) is 13.8. The summed E-state index contributed by atoms with van der Waals surface area (Å²) in [5.41, 5.74) is 6.88. The second kappa shape index (κ2) is 6.39. The predicted octanol–water partition coefficient (Wildman–Crippen LogP) is 1.95. The molecule has 1 amide bonds. The highest BCUT2D eigenvalue weighted by atomic mass is 79.9. The molecule has 5 heteroatoms. The molecular weight excluding hydrogens is 308 g/mol. The van der Waals surface area contributed by atoms with E-state index in [1.807, 2.05) is 23.1 Å². The van der Waals surface area contributed by atoms with E-state index >= 15 is 0 Å². The van der Waals surface area contributed by atoms with Gasteiger partial charge in [-0.25, -0.2) is 0 Å². The van der Waals surface area contributed by atoms with Gasteiger partial charge in [-0.2, -0.15) is 0 Å². The molecule has 0 saturated carbocycles. The number of likely N-dealkylation sites (tertiary alicyclic amines) is 1. The van der Waals surface area contributed by atoms with Gasteiger partial charge in [0, 0.05) is 19.1 Å². The van der Waals surface area contributed by atoms with Gasteiger partial charge in [-0.05, 0) is 46.5 Å². The highest BCUT2D eigenvalue weighted by molar-refractivity contribution is 9.10. The van der Waals surface area contributed by atoms with E-state index in [-0.39, 0.29) is 11.9 Å². The third-order valence-electron chi connectivity index (χ3n) is 3.38. The van der Waals surface area contributed by atoms with Crippen molar-refractivity contribution in [2.24, 2.45) is 5.73 Å². The van der Waals surface area contributed by atoms with Crippen molar-refractivity contribution < 1.29 is 9.53 Å². The minimum Gasteiger partial charge on any atom is -0.496 e. The molecule has 1 aromatic carbocycles. The number of carbonyl (C=O) groups is 1. The largest absolute Gasteiger partial charge is 0.496 e. The molecule has 0 radical (unpaired) electrons. The summed E-state index contributed by atoms with van der Waals surface area (Å²) in [6.07, 6.45) is 2.42. The molecule has 1 aliphatic heterocycles. The van der Waals surface area contributed by atoms with Crippen molar-refractivity contribution >= 4 is 21.8 Å². The Bertz CT molecular complexity index is 465. The first-order valence-electron chi connectivity index (χ1n) is 6.46. The highest BCUT2D eigenvalue weighted by Gasteiger charge is 2.21. The predicted molar refractivity (Wildman–Crippen MR) is 78.2 cm³/mol. The molecule has 19 heavy (non-hydrogen) atoms. The number of hydrogen-bond donors (Lipinski definition) is 1. The van der Waals surface area contributed by atoms with Crippen LogP contribution < -0.4 is 10.5 Å². The molecule has 4 nitrogen and oxygen atoms in total. The Morgan fingerprint density at radius 2 is 2.37 bits per heavy atom. The fourth-order valence-corrected chi connectivity index (χ4v) is 2.93. The Balaban J connectivity index is 2.00. The SMILES string of the molecule is COc1ccc(CC(=O)N2CCC[C@H](N)C2)cc1Br. The quantitative estimate of drug-likeness (QED) is 0.923. The lowest BCUT2D eigenvalue weighted by atomic mass is 10.1. The summed E-state index contributed by atoms with van der Waals surface area (Å²) >= 11 is 3.43. The maximum absolute atomic E-state index is 12.2. The average Bonchev–Trinajstić information content (AvgIpc) is 2.39. The number of ether oxygens (including phenoxy) is 1. The van der Waals surface area contributed by atoms with E-state index in [9.17, 15) is 4.79 Å².